The van der Waals surface area contributed by atoms with Crippen LogP contribution in [0, 0.1) is 12.8 Å². The lowest BCUT2D eigenvalue weighted by Gasteiger charge is -2.43. The molecule has 2 atom stereocenters. The zero-order chi connectivity index (χ0) is 20.9. The van der Waals surface area contributed by atoms with Gasteiger partial charge in [-0.15, -0.1) is 0 Å². The normalized spacial score (nSPS) is 22.1. The van der Waals surface area contributed by atoms with Crippen molar-refractivity contribution in [1.29, 1.82) is 0 Å². The highest BCUT2D eigenvalue weighted by molar-refractivity contribution is 5.45. The summed E-state index contributed by atoms with van der Waals surface area (Å²) < 4.78 is 6.12. The first-order chi connectivity index (χ1) is 13.9. The second kappa shape index (κ2) is 9.77. The van der Waals surface area contributed by atoms with Crippen molar-refractivity contribution in [2.24, 2.45) is 5.92 Å². The van der Waals surface area contributed by atoms with Gasteiger partial charge in [0.25, 0.3) is 0 Å². The van der Waals surface area contributed by atoms with Crippen LogP contribution in [0.15, 0.2) is 48.5 Å². The predicted octanol–water partition coefficient (Wildman–Crippen LogP) is 5.31. The van der Waals surface area contributed by atoms with Crippen molar-refractivity contribution < 1.29 is 4.74 Å². The van der Waals surface area contributed by atoms with E-state index in [1.165, 1.54) is 22.4 Å². The Balaban J connectivity index is 1.65. The van der Waals surface area contributed by atoms with E-state index in [2.05, 4.69) is 93.6 Å². The van der Waals surface area contributed by atoms with E-state index in [-0.39, 0.29) is 5.41 Å². The van der Waals surface area contributed by atoms with Crippen molar-refractivity contribution in [2.75, 3.05) is 32.1 Å². The van der Waals surface area contributed by atoms with Crippen molar-refractivity contribution >= 4 is 5.69 Å². The Hall–Kier alpha value is -1.84. The molecule has 1 aliphatic heterocycles. The average molecular weight is 395 g/mol. The number of hydrogen-bond donors (Lipinski definition) is 1. The molecular weight excluding hydrogens is 356 g/mol. The maximum Gasteiger partial charge on any atom is 0.0606 e. The van der Waals surface area contributed by atoms with Gasteiger partial charge in [-0.25, -0.2) is 0 Å². The molecule has 0 amide bonds. The lowest BCUT2D eigenvalue weighted by atomic mass is 9.68. The Morgan fingerprint density at radius 3 is 2.38 bits per heavy atom. The minimum absolute atomic E-state index is 0.211. The predicted molar refractivity (Wildman–Crippen MR) is 124 cm³/mol. The quantitative estimate of drug-likeness (QED) is 0.614. The molecule has 2 aromatic rings. The molecule has 3 rings (SSSR count). The first-order valence-corrected chi connectivity index (χ1v) is 11.1. The van der Waals surface area contributed by atoms with Crippen LogP contribution in [0.5, 0.6) is 0 Å². The smallest absolute Gasteiger partial charge is 0.0606 e. The van der Waals surface area contributed by atoms with E-state index < -0.39 is 0 Å². The monoisotopic (exact) mass is 394 g/mol. The highest BCUT2D eigenvalue weighted by atomic mass is 16.5. The number of anilines is 1. The Bertz CT molecular complexity index is 751. The molecule has 0 aromatic heterocycles. The van der Waals surface area contributed by atoms with Crippen molar-refractivity contribution in [2.45, 2.75) is 58.1 Å². The maximum atomic E-state index is 6.12. The third-order valence-corrected chi connectivity index (χ3v) is 6.47. The van der Waals surface area contributed by atoms with Gasteiger partial charge < -0.3 is 15.0 Å². The van der Waals surface area contributed by atoms with Crippen molar-refractivity contribution in [3.05, 3.63) is 65.2 Å². The van der Waals surface area contributed by atoms with Crippen molar-refractivity contribution in [3.8, 4) is 0 Å². The fourth-order valence-electron chi connectivity index (χ4n) is 4.39. The summed E-state index contributed by atoms with van der Waals surface area (Å²) in [5.41, 5.74) is 5.61. The van der Waals surface area contributed by atoms with Gasteiger partial charge in [-0.1, -0.05) is 55.8 Å². The van der Waals surface area contributed by atoms with Gasteiger partial charge in [-0.3, -0.25) is 0 Å². The van der Waals surface area contributed by atoms with Gasteiger partial charge in [0, 0.05) is 38.3 Å². The van der Waals surface area contributed by atoms with Gasteiger partial charge in [-0.2, -0.15) is 0 Å². The van der Waals surface area contributed by atoms with Gasteiger partial charge in [0.1, 0.15) is 0 Å². The van der Waals surface area contributed by atoms with Gasteiger partial charge >= 0.3 is 0 Å². The third-order valence-electron chi connectivity index (χ3n) is 6.47. The second-order valence-electron chi connectivity index (χ2n) is 9.24. The third kappa shape index (κ3) is 5.61. The van der Waals surface area contributed by atoms with Gasteiger partial charge in [0.05, 0.1) is 6.10 Å². The van der Waals surface area contributed by atoms with E-state index in [9.17, 15) is 0 Å². The number of rotatable bonds is 8. The molecule has 0 spiro atoms. The Labute approximate surface area is 177 Å². The lowest BCUT2D eigenvalue weighted by molar-refractivity contribution is -0.0469. The van der Waals surface area contributed by atoms with E-state index in [1.54, 1.807) is 0 Å². The first kappa shape index (κ1) is 21.9. The molecule has 29 heavy (non-hydrogen) atoms. The molecule has 1 heterocycles. The van der Waals surface area contributed by atoms with E-state index in [4.69, 9.17) is 4.74 Å². The first-order valence-electron chi connectivity index (χ1n) is 11.1. The number of nitrogens with zero attached hydrogens (tertiary/aromatic N) is 1. The molecule has 0 saturated carbocycles. The van der Waals surface area contributed by atoms with Crippen LogP contribution in [0.1, 0.15) is 49.8 Å². The lowest BCUT2D eigenvalue weighted by Crippen LogP contribution is -2.42. The van der Waals surface area contributed by atoms with Crippen molar-refractivity contribution in [3.63, 3.8) is 0 Å². The summed E-state index contributed by atoms with van der Waals surface area (Å²) in [6.45, 7) is 9.54. The summed E-state index contributed by atoms with van der Waals surface area (Å²) in [4.78, 5) is 2.14. The minimum atomic E-state index is 0.211. The van der Waals surface area contributed by atoms with Gasteiger partial charge in [0.2, 0.25) is 0 Å². The summed E-state index contributed by atoms with van der Waals surface area (Å²) in [6, 6.07) is 18.0. The van der Waals surface area contributed by atoms with Crippen LogP contribution in [-0.2, 0) is 16.7 Å². The van der Waals surface area contributed by atoms with E-state index in [0.29, 0.717) is 12.0 Å². The highest BCUT2D eigenvalue weighted by Crippen LogP contribution is 2.41. The SMILES string of the molecule is Cc1ccc([C@@]2(CCNCc3ccc(N(C)C)cc3)CCO[C@@H](C(C)C)C2)cc1. The summed E-state index contributed by atoms with van der Waals surface area (Å²) in [5.74, 6) is 0.559. The number of ether oxygens (including phenoxy) is 1. The molecule has 3 heteroatoms. The maximum absolute atomic E-state index is 6.12. The van der Waals surface area contributed by atoms with E-state index in [1.807, 2.05) is 0 Å². The Kier molecular flexibility index (Phi) is 7.37. The molecule has 1 saturated heterocycles. The molecule has 2 aromatic carbocycles. The molecule has 0 unspecified atom stereocenters. The van der Waals surface area contributed by atoms with Crippen LogP contribution in [0.25, 0.3) is 0 Å². The molecule has 1 N–H and O–H groups in total. The second-order valence-corrected chi connectivity index (χ2v) is 9.24. The van der Waals surface area contributed by atoms with Crippen LogP contribution in [0.2, 0.25) is 0 Å². The summed E-state index contributed by atoms with van der Waals surface area (Å²) in [6.07, 6.45) is 3.73. The molecular formula is C26H38N2O. The Morgan fingerprint density at radius 2 is 1.76 bits per heavy atom. The topological polar surface area (TPSA) is 24.5 Å². The Morgan fingerprint density at radius 1 is 1.07 bits per heavy atom. The van der Waals surface area contributed by atoms with Crippen LogP contribution in [-0.4, -0.2) is 33.4 Å². The summed E-state index contributed by atoms with van der Waals surface area (Å²) in [5, 5.41) is 3.69. The summed E-state index contributed by atoms with van der Waals surface area (Å²) in [7, 11) is 4.16. The van der Waals surface area contributed by atoms with E-state index in [0.717, 1.165) is 39.0 Å². The number of aryl methyl sites for hydroxylation is 1. The molecule has 0 bridgehead atoms. The van der Waals surface area contributed by atoms with Crippen molar-refractivity contribution in [1.82, 2.24) is 5.32 Å². The van der Waals surface area contributed by atoms with E-state index >= 15 is 0 Å². The zero-order valence-electron chi connectivity index (χ0n) is 18.9. The molecule has 0 radical (unpaired) electrons. The molecule has 3 nitrogen and oxygen atoms in total. The molecule has 0 aliphatic carbocycles. The molecule has 1 aliphatic rings. The van der Waals surface area contributed by atoms with Crippen LogP contribution in [0.4, 0.5) is 5.69 Å². The van der Waals surface area contributed by atoms with Gasteiger partial charge in [0.15, 0.2) is 0 Å². The molecule has 1 fully saturated rings. The summed E-state index contributed by atoms with van der Waals surface area (Å²) >= 11 is 0. The highest BCUT2D eigenvalue weighted by Gasteiger charge is 2.39. The largest absolute Gasteiger partial charge is 0.378 e. The number of nitrogens with one attached hydrogen (secondary N) is 1. The average Bonchev–Trinajstić information content (AvgIpc) is 2.72. The van der Waals surface area contributed by atoms with Crippen LogP contribution < -0.4 is 10.2 Å². The fraction of sp³-hybridized carbons (Fsp3) is 0.538. The fourth-order valence-corrected chi connectivity index (χ4v) is 4.39. The van der Waals surface area contributed by atoms with Gasteiger partial charge in [-0.05, 0) is 61.9 Å². The van der Waals surface area contributed by atoms with Crippen LogP contribution >= 0.6 is 0 Å². The minimum Gasteiger partial charge on any atom is -0.378 e. The standard InChI is InChI=1S/C26H38N2O/c1-20(2)25-18-26(15-17-29-25,23-10-6-21(3)7-11-23)14-16-27-19-22-8-12-24(13-9-22)28(4)5/h6-13,20,25,27H,14-19H2,1-5H3/t25-,26+/m1/s1. The molecule has 158 valence electrons. The number of benzene rings is 2. The number of hydrogen-bond acceptors (Lipinski definition) is 3. The van der Waals surface area contributed by atoms with Crippen LogP contribution in [0.3, 0.4) is 0 Å². The zero-order valence-corrected chi connectivity index (χ0v) is 18.9.